The minimum atomic E-state index is 0.728. The summed E-state index contributed by atoms with van der Waals surface area (Å²) in [4.78, 5) is 13.4. The van der Waals surface area contributed by atoms with Crippen molar-refractivity contribution in [2.24, 2.45) is 0 Å². The Kier molecular flexibility index (Phi) is 3.28. The molecular formula is C22H15N3O. The van der Waals surface area contributed by atoms with Crippen LogP contribution in [0, 0.1) is 6.92 Å². The van der Waals surface area contributed by atoms with Gasteiger partial charge in [-0.15, -0.1) is 0 Å². The molecule has 0 unspecified atom stereocenters. The quantitative estimate of drug-likeness (QED) is 0.432. The lowest BCUT2D eigenvalue weighted by Crippen LogP contribution is -1.94. The number of furan rings is 1. The highest BCUT2D eigenvalue weighted by atomic mass is 16.3. The largest absolute Gasteiger partial charge is 0.456 e. The molecule has 3 heterocycles. The highest BCUT2D eigenvalue weighted by Gasteiger charge is 2.10. The SMILES string of the molecule is Cc1nc(-c2cccnc2)cc(-c2ccc3c(c2)oc2ccccc23)n1. The van der Waals surface area contributed by atoms with Gasteiger partial charge < -0.3 is 4.42 Å². The zero-order chi connectivity index (χ0) is 17.5. The normalized spacial score (nSPS) is 11.3. The van der Waals surface area contributed by atoms with Crippen molar-refractivity contribution in [1.82, 2.24) is 15.0 Å². The summed E-state index contributed by atoms with van der Waals surface area (Å²) in [5.41, 5.74) is 5.48. The molecule has 0 fully saturated rings. The number of aromatic nitrogens is 3. The second-order valence-electron chi connectivity index (χ2n) is 6.24. The molecule has 124 valence electrons. The first-order valence-corrected chi connectivity index (χ1v) is 8.46. The number of fused-ring (bicyclic) bond motifs is 3. The number of aryl methyl sites for hydroxylation is 1. The monoisotopic (exact) mass is 337 g/mol. The van der Waals surface area contributed by atoms with Crippen molar-refractivity contribution in [2.75, 3.05) is 0 Å². The van der Waals surface area contributed by atoms with Crippen LogP contribution >= 0.6 is 0 Å². The summed E-state index contributed by atoms with van der Waals surface area (Å²) in [5.74, 6) is 0.728. The van der Waals surface area contributed by atoms with Crippen LogP contribution in [0.3, 0.4) is 0 Å². The summed E-state index contributed by atoms with van der Waals surface area (Å²) in [6.07, 6.45) is 3.57. The maximum Gasteiger partial charge on any atom is 0.136 e. The third kappa shape index (κ3) is 2.43. The van der Waals surface area contributed by atoms with Gasteiger partial charge in [0.15, 0.2) is 0 Å². The molecule has 0 N–H and O–H groups in total. The Bertz CT molecular complexity index is 1240. The third-order valence-corrected chi connectivity index (χ3v) is 4.47. The number of rotatable bonds is 2. The van der Waals surface area contributed by atoms with Crippen LogP contribution in [-0.4, -0.2) is 15.0 Å². The zero-order valence-electron chi connectivity index (χ0n) is 14.2. The van der Waals surface area contributed by atoms with Gasteiger partial charge in [0.2, 0.25) is 0 Å². The van der Waals surface area contributed by atoms with Gasteiger partial charge in [0, 0.05) is 34.3 Å². The zero-order valence-corrected chi connectivity index (χ0v) is 14.2. The molecule has 4 heteroatoms. The third-order valence-electron chi connectivity index (χ3n) is 4.47. The molecule has 2 aromatic carbocycles. The number of hydrogen-bond donors (Lipinski definition) is 0. The van der Waals surface area contributed by atoms with Gasteiger partial charge in [0.25, 0.3) is 0 Å². The molecular weight excluding hydrogens is 322 g/mol. The van der Waals surface area contributed by atoms with Crippen LogP contribution in [0.25, 0.3) is 44.5 Å². The Morgan fingerprint density at radius 2 is 1.54 bits per heavy atom. The Hall–Kier alpha value is -3.53. The van der Waals surface area contributed by atoms with Crippen molar-refractivity contribution in [2.45, 2.75) is 6.92 Å². The fraction of sp³-hybridized carbons (Fsp3) is 0.0455. The van der Waals surface area contributed by atoms with Crippen LogP contribution < -0.4 is 0 Å². The van der Waals surface area contributed by atoms with Gasteiger partial charge in [0.1, 0.15) is 17.0 Å². The van der Waals surface area contributed by atoms with Crippen LogP contribution in [0.4, 0.5) is 0 Å². The molecule has 0 radical (unpaired) electrons. The number of nitrogens with zero attached hydrogens (tertiary/aromatic N) is 3. The van der Waals surface area contributed by atoms with Gasteiger partial charge in [0.05, 0.1) is 11.4 Å². The number of pyridine rings is 1. The van der Waals surface area contributed by atoms with E-state index < -0.39 is 0 Å². The molecule has 5 aromatic rings. The molecule has 0 bridgehead atoms. The summed E-state index contributed by atoms with van der Waals surface area (Å²) in [7, 11) is 0. The van der Waals surface area contributed by atoms with E-state index in [1.54, 1.807) is 6.20 Å². The van der Waals surface area contributed by atoms with E-state index >= 15 is 0 Å². The van der Waals surface area contributed by atoms with Crippen molar-refractivity contribution in [3.8, 4) is 22.5 Å². The fourth-order valence-electron chi connectivity index (χ4n) is 3.26. The highest BCUT2D eigenvalue weighted by Crippen LogP contribution is 2.32. The molecule has 4 nitrogen and oxygen atoms in total. The van der Waals surface area contributed by atoms with Crippen LogP contribution in [0.2, 0.25) is 0 Å². The summed E-state index contributed by atoms with van der Waals surface area (Å²) in [5, 5.41) is 2.24. The van der Waals surface area contributed by atoms with E-state index in [2.05, 4.69) is 33.2 Å². The molecule has 3 aromatic heterocycles. The predicted molar refractivity (Wildman–Crippen MR) is 103 cm³/mol. The Labute approximate surface area is 150 Å². The summed E-state index contributed by atoms with van der Waals surface area (Å²) < 4.78 is 6.01. The Morgan fingerprint density at radius 3 is 2.38 bits per heavy atom. The molecule has 0 saturated carbocycles. The Balaban J connectivity index is 1.67. The standard InChI is InChI=1S/C22H15N3O/c1-14-24-19(12-20(25-14)16-5-4-10-23-13-16)15-8-9-18-17-6-2-3-7-21(17)26-22(18)11-15/h2-13H,1H3. The van der Waals surface area contributed by atoms with Crippen molar-refractivity contribution in [1.29, 1.82) is 0 Å². The maximum absolute atomic E-state index is 6.01. The van der Waals surface area contributed by atoms with E-state index in [1.807, 2.05) is 55.6 Å². The molecule has 0 amide bonds. The first-order chi connectivity index (χ1) is 12.8. The van der Waals surface area contributed by atoms with E-state index in [1.165, 1.54) is 0 Å². The molecule has 0 aliphatic heterocycles. The molecule has 0 spiro atoms. The van der Waals surface area contributed by atoms with Crippen molar-refractivity contribution in [3.05, 3.63) is 78.9 Å². The van der Waals surface area contributed by atoms with Gasteiger partial charge in [-0.1, -0.05) is 24.3 Å². The van der Waals surface area contributed by atoms with Gasteiger partial charge in [-0.05, 0) is 43.3 Å². The van der Waals surface area contributed by atoms with Gasteiger partial charge in [-0.2, -0.15) is 0 Å². The minimum Gasteiger partial charge on any atom is -0.456 e. The molecule has 0 aliphatic carbocycles. The summed E-state index contributed by atoms with van der Waals surface area (Å²) in [6.45, 7) is 1.91. The first-order valence-electron chi connectivity index (χ1n) is 8.46. The van der Waals surface area contributed by atoms with Crippen molar-refractivity contribution >= 4 is 21.9 Å². The molecule has 5 rings (SSSR count). The average Bonchev–Trinajstić information content (AvgIpc) is 3.06. The molecule has 0 aliphatic rings. The predicted octanol–water partition coefficient (Wildman–Crippen LogP) is 5.41. The van der Waals surface area contributed by atoms with E-state index in [4.69, 9.17) is 4.42 Å². The number of hydrogen-bond acceptors (Lipinski definition) is 4. The van der Waals surface area contributed by atoms with Gasteiger partial charge in [-0.25, -0.2) is 9.97 Å². The average molecular weight is 337 g/mol. The van der Waals surface area contributed by atoms with Crippen molar-refractivity contribution in [3.63, 3.8) is 0 Å². The van der Waals surface area contributed by atoms with E-state index in [9.17, 15) is 0 Å². The van der Waals surface area contributed by atoms with Crippen molar-refractivity contribution < 1.29 is 4.42 Å². The summed E-state index contributed by atoms with van der Waals surface area (Å²) >= 11 is 0. The molecule has 0 atom stereocenters. The topological polar surface area (TPSA) is 51.8 Å². The van der Waals surface area contributed by atoms with Crippen LogP contribution in [0.5, 0.6) is 0 Å². The van der Waals surface area contributed by atoms with E-state index in [-0.39, 0.29) is 0 Å². The molecule has 26 heavy (non-hydrogen) atoms. The second-order valence-corrected chi connectivity index (χ2v) is 6.24. The number of benzene rings is 2. The number of para-hydroxylation sites is 1. The molecule has 0 saturated heterocycles. The lowest BCUT2D eigenvalue weighted by molar-refractivity contribution is 0.669. The lowest BCUT2D eigenvalue weighted by Gasteiger charge is -2.06. The van der Waals surface area contributed by atoms with Crippen LogP contribution in [0.1, 0.15) is 5.82 Å². The van der Waals surface area contributed by atoms with E-state index in [0.717, 1.165) is 50.3 Å². The summed E-state index contributed by atoms with van der Waals surface area (Å²) in [6, 6.07) is 20.2. The smallest absolute Gasteiger partial charge is 0.136 e. The maximum atomic E-state index is 6.01. The van der Waals surface area contributed by atoms with E-state index in [0.29, 0.717) is 0 Å². The second kappa shape index (κ2) is 5.77. The van der Waals surface area contributed by atoms with Gasteiger partial charge in [-0.3, -0.25) is 4.98 Å². The lowest BCUT2D eigenvalue weighted by atomic mass is 10.1. The fourth-order valence-corrected chi connectivity index (χ4v) is 3.26. The highest BCUT2D eigenvalue weighted by molar-refractivity contribution is 6.05. The van der Waals surface area contributed by atoms with Crippen LogP contribution in [0.15, 0.2) is 77.5 Å². The minimum absolute atomic E-state index is 0.728. The Morgan fingerprint density at radius 1 is 0.731 bits per heavy atom. The van der Waals surface area contributed by atoms with Gasteiger partial charge >= 0.3 is 0 Å². The first kappa shape index (κ1) is 14.8. The van der Waals surface area contributed by atoms with Crippen LogP contribution in [-0.2, 0) is 0 Å².